The lowest BCUT2D eigenvalue weighted by Crippen LogP contribution is -2.25. The molecule has 0 aliphatic rings. The summed E-state index contributed by atoms with van der Waals surface area (Å²) in [5.41, 5.74) is -5.50. The summed E-state index contributed by atoms with van der Waals surface area (Å²) in [5.74, 6) is -16.6. The predicted molar refractivity (Wildman–Crippen MR) is 113 cm³/mol. The Balaban J connectivity index is 1.71. The number of aryl methyl sites for hydroxylation is 1. The minimum atomic E-state index is -4.91. The third-order valence-corrected chi connectivity index (χ3v) is 5.34. The molecule has 0 aliphatic heterocycles. The molecule has 0 aliphatic carbocycles. The smallest absolute Gasteiger partial charge is 0.429 e. The van der Waals surface area contributed by atoms with Gasteiger partial charge in [-0.05, 0) is 60.0 Å². The van der Waals surface area contributed by atoms with Crippen LogP contribution in [-0.4, -0.2) is 0 Å². The zero-order chi connectivity index (χ0) is 28.1. The summed E-state index contributed by atoms with van der Waals surface area (Å²) in [6.45, 7) is 1.34. The van der Waals surface area contributed by atoms with Crippen LogP contribution in [0.4, 0.5) is 48.3 Å². The van der Waals surface area contributed by atoms with Crippen molar-refractivity contribution in [2.45, 2.75) is 13.0 Å². The molecule has 0 radical (unpaired) electrons. The molecule has 0 saturated carbocycles. The molecule has 0 N–H and O–H groups in total. The van der Waals surface area contributed by atoms with E-state index in [1.165, 1.54) is 6.92 Å². The fourth-order valence-corrected chi connectivity index (χ4v) is 3.75. The van der Waals surface area contributed by atoms with Crippen molar-refractivity contribution < 1.29 is 53.0 Å². The summed E-state index contributed by atoms with van der Waals surface area (Å²) < 4.78 is 160. The molecule has 0 amide bonds. The van der Waals surface area contributed by atoms with Gasteiger partial charge in [-0.3, -0.25) is 0 Å². The minimum absolute atomic E-state index is 0.132. The van der Waals surface area contributed by atoms with Crippen LogP contribution in [0.3, 0.4) is 0 Å². The van der Waals surface area contributed by atoms with Gasteiger partial charge in [-0.25, -0.2) is 39.5 Å². The second-order valence-corrected chi connectivity index (χ2v) is 8.05. The first-order valence-electron chi connectivity index (χ1n) is 10.4. The zero-order valence-corrected chi connectivity index (χ0v) is 18.7. The van der Waals surface area contributed by atoms with E-state index in [1.54, 1.807) is 0 Å². The summed E-state index contributed by atoms with van der Waals surface area (Å²) in [4.78, 5) is 0. The van der Waals surface area contributed by atoms with E-state index in [0.29, 0.717) is 0 Å². The van der Waals surface area contributed by atoms with Gasteiger partial charge in [0.25, 0.3) is 0 Å². The van der Waals surface area contributed by atoms with Crippen molar-refractivity contribution in [3.8, 4) is 28.0 Å². The van der Waals surface area contributed by atoms with Crippen LogP contribution < -0.4 is 4.74 Å². The van der Waals surface area contributed by atoms with E-state index < -0.39 is 92.0 Å². The fourth-order valence-electron chi connectivity index (χ4n) is 3.75. The van der Waals surface area contributed by atoms with Gasteiger partial charge in [-0.1, -0.05) is 0 Å². The van der Waals surface area contributed by atoms with Crippen LogP contribution in [0.5, 0.6) is 5.75 Å². The molecular weight excluding hydrogens is 537 g/mol. The highest BCUT2D eigenvalue weighted by atomic mass is 19.3. The Bertz CT molecular complexity index is 1490. The minimum Gasteiger partial charge on any atom is -0.429 e. The number of hydrogen-bond donors (Lipinski definition) is 0. The quantitative estimate of drug-likeness (QED) is 0.179. The van der Waals surface area contributed by atoms with Crippen LogP contribution in [0.15, 0.2) is 48.5 Å². The van der Waals surface area contributed by atoms with Gasteiger partial charge in [0.1, 0.15) is 46.2 Å². The molecule has 0 atom stereocenters. The van der Waals surface area contributed by atoms with E-state index >= 15 is 0 Å². The van der Waals surface area contributed by atoms with Crippen molar-refractivity contribution in [2.75, 3.05) is 0 Å². The summed E-state index contributed by atoms with van der Waals surface area (Å²) in [5, 5.41) is 0. The van der Waals surface area contributed by atoms with Gasteiger partial charge in [0.05, 0.1) is 11.1 Å². The molecule has 4 aromatic carbocycles. The number of rotatable bonds is 5. The molecule has 0 spiro atoms. The molecule has 0 heterocycles. The Morgan fingerprint density at radius 3 is 1.29 bits per heavy atom. The molecule has 12 heteroatoms. The molecule has 0 saturated heterocycles. The van der Waals surface area contributed by atoms with E-state index in [9.17, 15) is 48.3 Å². The predicted octanol–water partition coefficient (Wildman–Crippen LogP) is 8.71. The average molecular weight is 548 g/mol. The van der Waals surface area contributed by atoms with Crippen LogP contribution in [0.1, 0.15) is 11.1 Å². The Labute approximate surface area is 206 Å². The van der Waals surface area contributed by atoms with Gasteiger partial charge >= 0.3 is 6.11 Å². The number of benzene rings is 4. The number of ether oxygens (including phenoxy) is 1. The summed E-state index contributed by atoms with van der Waals surface area (Å²) in [6.07, 6.45) is -4.91. The van der Waals surface area contributed by atoms with E-state index in [0.717, 1.165) is 12.1 Å². The Morgan fingerprint density at radius 2 is 0.868 bits per heavy atom. The molecule has 1 nitrogen and oxygen atoms in total. The maximum Gasteiger partial charge on any atom is 0.432 e. The number of alkyl halides is 2. The van der Waals surface area contributed by atoms with E-state index in [-0.39, 0.29) is 42.0 Å². The topological polar surface area (TPSA) is 9.23 Å². The Hall–Kier alpha value is -4.09. The van der Waals surface area contributed by atoms with Gasteiger partial charge in [0, 0.05) is 12.1 Å². The largest absolute Gasteiger partial charge is 0.432 e. The molecule has 4 rings (SSSR count). The van der Waals surface area contributed by atoms with Crippen molar-refractivity contribution >= 4 is 0 Å². The third kappa shape index (κ3) is 4.90. The van der Waals surface area contributed by atoms with Crippen LogP contribution in [0.25, 0.3) is 22.3 Å². The monoisotopic (exact) mass is 548 g/mol. The van der Waals surface area contributed by atoms with Crippen molar-refractivity contribution in [1.82, 2.24) is 0 Å². The zero-order valence-electron chi connectivity index (χ0n) is 18.7. The standard InChI is InChI=1S/C26H11F11O/c1-10-2-14(27)22(15(28)3-10)11-4-18(31)24(19(32)5-11)26(36,37)38-13-8-16(29)23(17(30)9-13)12-6-20(33)25(35)21(34)7-12/h2-9H,1H3. The highest BCUT2D eigenvalue weighted by Crippen LogP contribution is 2.39. The maximum atomic E-state index is 14.7. The lowest BCUT2D eigenvalue weighted by Gasteiger charge is -2.20. The average Bonchev–Trinajstić information content (AvgIpc) is 2.75. The molecule has 0 fully saturated rings. The third-order valence-electron chi connectivity index (χ3n) is 5.34. The van der Waals surface area contributed by atoms with Crippen LogP contribution in [0.2, 0.25) is 0 Å². The molecule has 0 aromatic heterocycles. The van der Waals surface area contributed by atoms with E-state index in [2.05, 4.69) is 4.74 Å². The van der Waals surface area contributed by atoms with E-state index in [1.807, 2.05) is 0 Å². The summed E-state index contributed by atoms with van der Waals surface area (Å²) >= 11 is 0. The number of halogens is 11. The molecule has 0 bridgehead atoms. The fraction of sp³-hybridized carbons (Fsp3) is 0.0769. The highest BCUT2D eigenvalue weighted by Gasteiger charge is 2.42. The van der Waals surface area contributed by atoms with Gasteiger partial charge in [0.15, 0.2) is 17.5 Å². The maximum absolute atomic E-state index is 14.7. The first kappa shape index (κ1) is 27.0. The van der Waals surface area contributed by atoms with Gasteiger partial charge in [-0.2, -0.15) is 8.78 Å². The lowest BCUT2D eigenvalue weighted by atomic mass is 10.00. The molecular formula is C26H11F11O. The molecule has 38 heavy (non-hydrogen) atoms. The van der Waals surface area contributed by atoms with Crippen LogP contribution >= 0.6 is 0 Å². The van der Waals surface area contributed by atoms with Crippen molar-refractivity contribution in [3.05, 3.63) is 112 Å². The normalized spacial score (nSPS) is 11.7. The van der Waals surface area contributed by atoms with Crippen LogP contribution in [0, 0.1) is 59.3 Å². The first-order chi connectivity index (χ1) is 17.7. The molecule has 198 valence electrons. The van der Waals surface area contributed by atoms with Crippen LogP contribution in [-0.2, 0) is 6.11 Å². The Kier molecular flexibility index (Phi) is 6.85. The summed E-state index contributed by atoms with van der Waals surface area (Å²) in [6, 6.07) is 2.90. The second-order valence-electron chi connectivity index (χ2n) is 8.05. The van der Waals surface area contributed by atoms with Crippen molar-refractivity contribution in [3.63, 3.8) is 0 Å². The highest BCUT2D eigenvalue weighted by molar-refractivity contribution is 5.67. The van der Waals surface area contributed by atoms with Crippen molar-refractivity contribution in [2.24, 2.45) is 0 Å². The Morgan fingerprint density at radius 1 is 0.500 bits per heavy atom. The molecule has 4 aromatic rings. The van der Waals surface area contributed by atoms with Gasteiger partial charge in [0.2, 0.25) is 0 Å². The second kappa shape index (κ2) is 9.66. The first-order valence-corrected chi connectivity index (χ1v) is 10.4. The van der Waals surface area contributed by atoms with Gasteiger partial charge < -0.3 is 4.74 Å². The lowest BCUT2D eigenvalue weighted by molar-refractivity contribution is -0.189. The molecule has 0 unspecified atom stereocenters. The van der Waals surface area contributed by atoms with Crippen molar-refractivity contribution in [1.29, 1.82) is 0 Å². The SMILES string of the molecule is Cc1cc(F)c(-c2cc(F)c(C(F)(F)Oc3cc(F)c(-c4cc(F)c(F)c(F)c4)c(F)c3)c(F)c2)c(F)c1. The summed E-state index contributed by atoms with van der Waals surface area (Å²) in [7, 11) is 0. The number of hydrogen-bond acceptors (Lipinski definition) is 1. The van der Waals surface area contributed by atoms with Gasteiger partial charge in [-0.15, -0.1) is 0 Å². The van der Waals surface area contributed by atoms with E-state index in [4.69, 9.17) is 0 Å².